The highest BCUT2D eigenvalue weighted by Crippen LogP contribution is 2.28. The topological polar surface area (TPSA) is 93.6 Å². The first-order valence-electron chi connectivity index (χ1n) is 7.10. The van der Waals surface area contributed by atoms with E-state index in [-0.39, 0.29) is 25.4 Å². The van der Waals surface area contributed by atoms with Crippen molar-refractivity contribution < 1.29 is 19.0 Å². The van der Waals surface area contributed by atoms with Gasteiger partial charge in [0.25, 0.3) is 5.56 Å². The molecule has 3 heterocycles. The number of aromatic amines is 1. The van der Waals surface area contributed by atoms with Gasteiger partial charge in [-0.25, -0.2) is 4.79 Å². The molecular weight excluding hydrogens is 398 g/mol. The van der Waals surface area contributed by atoms with Crippen LogP contribution in [0.1, 0.15) is 17.5 Å². The molecule has 1 aliphatic rings. The maximum atomic E-state index is 13.3. The predicted octanol–water partition coefficient (Wildman–Crippen LogP) is 1.68. The zero-order valence-electron chi connectivity index (χ0n) is 12.7. The normalized spacial score (nSPS) is 22.8. The second-order valence-corrected chi connectivity index (χ2v) is 7.10. The van der Waals surface area contributed by atoms with Crippen LogP contribution < -0.4 is 11.2 Å². The minimum Gasteiger partial charge on any atom is -0.390 e. The van der Waals surface area contributed by atoms with Gasteiger partial charge in [0.1, 0.15) is 12.3 Å². The lowest BCUT2D eigenvalue weighted by molar-refractivity contribution is -0.0666. The number of nitrogens with zero attached hydrogens (tertiary/aromatic N) is 1. The molecule has 2 aromatic rings. The molecule has 0 bridgehead atoms. The zero-order chi connectivity index (χ0) is 17.3. The van der Waals surface area contributed by atoms with Gasteiger partial charge in [0, 0.05) is 11.3 Å². The first-order chi connectivity index (χ1) is 11.4. The number of aliphatic hydroxyl groups is 1. The van der Waals surface area contributed by atoms with Crippen LogP contribution in [0.25, 0.3) is 0 Å². The molecule has 0 amide bonds. The van der Waals surface area contributed by atoms with Crippen molar-refractivity contribution >= 4 is 35.3 Å². The van der Waals surface area contributed by atoms with E-state index in [0.29, 0.717) is 10.9 Å². The molecule has 0 unspecified atom stereocenters. The van der Waals surface area contributed by atoms with Gasteiger partial charge in [-0.3, -0.25) is 14.3 Å². The van der Waals surface area contributed by atoms with Gasteiger partial charge in [-0.2, -0.15) is 4.39 Å². The Balaban J connectivity index is 0.00000225. The summed E-state index contributed by atoms with van der Waals surface area (Å²) in [5.41, 5.74) is -1.89. The smallest absolute Gasteiger partial charge is 0.330 e. The van der Waals surface area contributed by atoms with Gasteiger partial charge in [0.15, 0.2) is 0 Å². The number of H-pyrrole nitrogens is 1. The van der Waals surface area contributed by atoms with Crippen molar-refractivity contribution in [3.05, 3.63) is 54.2 Å². The highest BCUT2D eigenvalue weighted by Gasteiger charge is 2.35. The van der Waals surface area contributed by atoms with Crippen LogP contribution in [0.5, 0.6) is 0 Å². The molecule has 1 aliphatic heterocycles. The quantitative estimate of drug-likeness (QED) is 0.778. The number of ether oxygens (including phenoxy) is 2. The number of halogens is 3. The number of hydrogen-bond donors (Lipinski definition) is 2. The summed E-state index contributed by atoms with van der Waals surface area (Å²) < 4.78 is 26.0. The fraction of sp³-hybridized carbons (Fsp3) is 0.429. The van der Waals surface area contributed by atoms with Gasteiger partial charge in [-0.15, -0.1) is 23.7 Å². The van der Waals surface area contributed by atoms with E-state index in [0.717, 1.165) is 15.6 Å². The summed E-state index contributed by atoms with van der Waals surface area (Å²) in [6.45, 7) is 0.426. The van der Waals surface area contributed by atoms with Gasteiger partial charge in [-0.05, 0) is 12.1 Å². The summed E-state index contributed by atoms with van der Waals surface area (Å²) in [4.78, 5) is 25.6. The third-order valence-corrected chi connectivity index (χ3v) is 4.80. The van der Waals surface area contributed by atoms with E-state index in [1.807, 2.05) is 11.1 Å². The van der Waals surface area contributed by atoms with Crippen molar-refractivity contribution in [1.82, 2.24) is 9.55 Å². The van der Waals surface area contributed by atoms with Crippen LogP contribution in [0.4, 0.5) is 4.39 Å². The Morgan fingerprint density at radius 1 is 1.48 bits per heavy atom. The summed E-state index contributed by atoms with van der Waals surface area (Å²) in [7, 11) is 0. The van der Waals surface area contributed by atoms with Gasteiger partial charge in [-0.1, -0.05) is 11.6 Å². The van der Waals surface area contributed by atoms with E-state index < -0.39 is 35.5 Å². The average molecular weight is 413 g/mol. The van der Waals surface area contributed by atoms with Crippen LogP contribution in [-0.2, 0) is 16.1 Å². The number of aliphatic hydroxyl groups excluding tert-OH is 1. The van der Waals surface area contributed by atoms with Crippen molar-refractivity contribution in [1.29, 1.82) is 0 Å². The second-order valence-electron chi connectivity index (χ2n) is 5.30. The van der Waals surface area contributed by atoms with E-state index in [1.165, 1.54) is 11.3 Å². The number of thiophene rings is 1. The lowest BCUT2D eigenvalue weighted by Gasteiger charge is -2.16. The molecule has 1 saturated heterocycles. The number of nitrogens with one attached hydrogen (secondary N) is 1. The molecule has 7 nitrogen and oxygen atoms in total. The van der Waals surface area contributed by atoms with E-state index in [9.17, 15) is 19.1 Å². The van der Waals surface area contributed by atoms with E-state index >= 15 is 0 Å². The largest absolute Gasteiger partial charge is 0.390 e. The standard InChI is InChI=1S/C14H14ClFN2O5S.ClH/c15-11-2-1-7(24-11)5-22-6-10-9(19)3-12(23-10)18-4-8(16)13(20)17-14(18)21;/h1-2,4,9-10,12,19H,3,5-6H2,(H,17,20,21);1H/t9-,10+,12+;/m0./s1. The van der Waals surface area contributed by atoms with E-state index in [1.54, 1.807) is 6.07 Å². The molecule has 2 aromatic heterocycles. The molecule has 0 aromatic carbocycles. The predicted molar refractivity (Wildman–Crippen MR) is 92.0 cm³/mol. The van der Waals surface area contributed by atoms with Crippen molar-refractivity contribution in [3.63, 3.8) is 0 Å². The van der Waals surface area contributed by atoms with E-state index in [4.69, 9.17) is 21.1 Å². The molecule has 25 heavy (non-hydrogen) atoms. The van der Waals surface area contributed by atoms with Gasteiger partial charge < -0.3 is 14.6 Å². The number of hydrogen-bond acceptors (Lipinski definition) is 6. The van der Waals surface area contributed by atoms with Crippen LogP contribution >= 0.6 is 35.3 Å². The van der Waals surface area contributed by atoms with E-state index in [2.05, 4.69) is 0 Å². The first kappa shape index (κ1) is 20.1. The monoisotopic (exact) mass is 412 g/mol. The maximum absolute atomic E-state index is 13.3. The molecule has 138 valence electrons. The molecule has 2 N–H and O–H groups in total. The van der Waals surface area contributed by atoms with Crippen molar-refractivity contribution in [2.24, 2.45) is 0 Å². The Labute approximate surface area is 156 Å². The first-order valence-corrected chi connectivity index (χ1v) is 8.30. The van der Waals surface area contributed by atoms with Gasteiger partial charge in [0.2, 0.25) is 5.82 Å². The fourth-order valence-electron chi connectivity index (χ4n) is 2.42. The van der Waals surface area contributed by atoms with Crippen molar-refractivity contribution in [3.8, 4) is 0 Å². The summed E-state index contributed by atoms with van der Waals surface area (Å²) >= 11 is 7.21. The van der Waals surface area contributed by atoms with Crippen LogP contribution in [0.3, 0.4) is 0 Å². The molecule has 11 heteroatoms. The van der Waals surface area contributed by atoms with Gasteiger partial charge >= 0.3 is 5.69 Å². The molecule has 1 fully saturated rings. The van der Waals surface area contributed by atoms with Crippen LogP contribution in [0, 0.1) is 5.82 Å². The summed E-state index contributed by atoms with van der Waals surface area (Å²) in [5, 5.41) is 10.0. The van der Waals surface area contributed by atoms with Gasteiger partial charge in [0.05, 0.1) is 29.9 Å². The van der Waals surface area contributed by atoms with Crippen LogP contribution in [0.15, 0.2) is 27.9 Å². The average Bonchev–Trinajstić information content (AvgIpc) is 3.09. The minimum atomic E-state index is -1.10. The Kier molecular flexibility index (Phi) is 6.78. The Morgan fingerprint density at radius 3 is 2.92 bits per heavy atom. The molecule has 0 radical (unpaired) electrons. The molecule has 0 spiro atoms. The Hall–Kier alpha value is -1.23. The SMILES string of the molecule is Cl.O=c1[nH]c(=O)n([C@H]2C[C@H](O)[C@@H](COCc3ccc(Cl)s3)O2)cc1F. The fourth-order valence-corrected chi connectivity index (χ4v) is 3.44. The zero-order valence-corrected chi connectivity index (χ0v) is 15.1. The third kappa shape index (κ3) is 4.69. The third-order valence-electron chi connectivity index (χ3n) is 3.59. The molecule has 0 aliphatic carbocycles. The molecule has 0 saturated carbocycles. The maximum Gasteiger partial charge on any atom is 0.330 e. The Bertz CT molecular complexity index is 839. The highest BCUT2D eigenvalue weighted by molar-refractivity contribution is 7.16. The number of rotatable bonds is 5. The lowest BCUT2D eigenvalue weighted by Crippen LogP contribution is -2.34. The summed E-state index contributed by atoms with van der Waals surface area (Å²) in [5.74, 6) is -1.10. The highest BCUT2D eigenvalue weighted by atomic mass is 35.5. The molecule has 3 atom stereocenters. The number of aromatic nitrogens is 2. The summed E-state index contributed by atoms with van der Waals surface area (Å²) in [6, 6.07) is 3.60. The molecular formula is C14H15Cl2FN2O5S. The van der Waals surface area contributed by atoms with Crippen LogP contribution in [0.2, 0.25) is 4.34 Å². The van der Waals surface area contributed by atoms with Crippen LogP contribution in [-0.4, -0.2) is 33.5 Å². The van der Waals surface area contributed by atoms with Crippen molar-refractivity contribution in [2.75, 3.05) is 6.61 Å². The summed E-state index contributed by atoms with van der Waals surface area (Å²) in [6.07, 6.45) is -1.54. The minimum absolute atomic E-state index is 0. The Morgan fingerprint density at radius 2 is 2.24 bits per heavy atom. The van der Waals surface area contributed by atoms with Crippen molar-refractivity contribution in [2.45, 2.75) is 31.5 Å². The second kappa shape index (κ2) is 8.43. The lowest BCUT2D eigenvalue weighted by atomic mass is 10.2. The molecule has 3 rings (SSSR count).